The van der Waals surface area contributed by atoms with Gasteiger partial charge in [0.05, 0.1) is 6.33 Å². The zero-order chi connectivity index (χ0) is 9.14. The molecule has 1 rings (SSSR count). The summed E-state index contributed by atoms with van der Waals surface area (Å²) in [6, 6.07) is 0. The molecule has 0 aliphatic carbocycles. The van der Waals surface area contributed by atoms with Crippen LogP contribution in [0, 0.1) is 14.0 Å². The van der Waals surface area contributed by atoms with Gasteiger partial charge in [-0.25, -0.2) is 4.98 Å². The van der Waals surface area contributed by atoms with Crippen LogP contribution < -0.4 is 0 Å². The summed E-state index contributed by atoms with van der Waals surface area (Å²) in [6.07, 6.45) is 3.35. The zero-order valence-electron chi connectivity index (χ0n) is 7.90. The van der Waals surface area contributed by atoms with E-state index in [0.717, 1.165) is 5.69 Å². The van der Waals surface area contributed by atoms with E-state index >= 15 is 0 Å². The Labute approximate surface area is 103 Å². The predicted octanol–water partition coefficient (Wildman–Crippen LogP) is 0.439. The second-order valence-corrected chi connectivity index (χ2v) is 2.75. The van der Waals surface area contributed by atoms with E-state index in [1.54, 1.807) is 24.1 Å². The molecule has 5 heteroatoms. The van der Waals surface area contributed by atoms with Crippen LogP contribution in [0.1, 0.15) is 5.69 Å². The fraction of sp³-hybridized carbons (Fsp3) is 0.375. The van der Waals surface area contributed by atoms with Crippen LogP contribution in [0.15, 0.2) is 12.5 Å². The van der Waals surface area contributed by atoms with Crippen LogP contribution in [0.3, 0.4) is 0 Å². The minimum absolute atomic E-state index is 0. The molecular formula is C8H12N3OY+2. The van der Waals surface area contributed by atoms with Gasteiger partial charge in [-0.3, -0.25) is 11.8 Å². The minimum atomic E-state index is -0.0314. The van der Waals surface area contributed by atoms with Gasteiger partial charge >= 0.3 is 32.7 Å². The summed E-state index contributed by atoms with van der Waals surface area (Å²) in [7, 11) is 5.13. The van der Waals surface area contributed by atoms with Crippen molar-refractivity contribution in [3.05, 3.63) is 25.3 Å². The van der Waals surface area contributed by atoms with Crippen LogP contribution in [0.25, 0.3) is 0 Å². The quantitative estimate of drug-likeness (QED) is 0.719. The number of rotatable bonds is 2. The van der Waals surface area contributed by atoms with Crippen molar-refractivity contribution in [3.63, 3.8) is 0 Å². The van der Waals surface area contributed by atoms with Gasteiger partial charge in [0, 0.05) is 11.9 Å². The zero-order valence-corrected chi connectivity index (χ0v) is 10.7. The SMILES string of the molecule is [CH2-]N(C)C(=O)Cn1cncc1C.[Y+3]. The topological polar surface area (TPSA) is 38.1 Å². The normalized spacial score (nSPS) is 9.15. The smallest absolute Gasteiger partial charge is 0.497 e. The molecule has 1 heterocycles. The van der Waals surface area contributed by atoms with Gasteiger partial charge in [-0.15, -0.1) is 0 Å². The number of amides is 1. The van der Waals surface area contributed by atoms with Crippen LogP contribution >= 0.6 is 0 Å². The van der Waals surface area contributed by atoms with Crippen molar-refractivity contribution in [2.45, 2.75) is 13.5 Å². The number of imidazole rings is 1. The number of aryl methyl sites for hydroxylation is 1. The van der Waals surface area contributed by atoms with E-state index in [4.69, 9.17) is 0 Å². The molecule has 0 atom stereocenters. The van der Waals surface area contributed by atoms with Gasteiger partial charge in [0.15, 0.2) is 0 Å². The average molecular weight is 255 g/mol. The molecule has 1 aromatic heterocycles. The number of hydrogen-bond donors (Lipinski definition) is 0. The molecule has 0 aromatic carbocycles. The van der Waals surface area contributed by atoms with Crippen LogP contribution in [-0.2, 0) is 44.0 Å². The third-order valence-electron chi connectivity index (χ3n) is 1.65. The van der Waals surface area contributed by atoms with Gasteiger partial charge in [0.1, 0.15) is 6.54 Å². The molecule has 0 saturated carbocycles. The van der Waals surface area contributed by atoms with Gasteiger partial charge in [-0.05, 0) is 14.0 Å². The second-order valence-electron chi connectivity index (χ2n) is 2.75. The van der Waals surface area contributed by atoms with Crippen molar-refractivity contribution in [2.24, 2.45) is 0 Å². The number of likely N-dealkylation sites (N-methyl/N-ethyl adjacent to an activating group) is 1. The summed E-state index contributed by atoms with van der Waals surface area (Å²) in [5, 5.41) is 0. The van der Waals surface area contributed by atoms with Crippen LogP contribution in [0.2, 0.25) is 0 Å². The summed E-state index contributed by atoms with van der Waals surface area (Å²) >= 11 is 0. The van der Waals surface area contributed by atoms with Crippen molar-refractivity contribution in [2.75, 3.05) is 7.05 Å². The van der Waals surface area contributed by atoms with Gasteiger partial charge in [0.25, 0.3) is 0 Å². The summed E-state index contributed by atoms with van der Waals surface area (Å²) in [4.78, 5) is 16.4. The summed E-state index contributed by atoms with van der Waals surface area (Å²) in [5.74, 6) is -0.0314. The number of carbonyl (C=O) groups is 1. The van der Waals surface area contributed by atoms with Crippen molar-refractivity contribution < 1.29 is 37.5 Å². The maximum Gasteiger partial charge on any atom is 3.00 e. The first-order valence-corrected chi connectivity index (χ1v) is 3.65. The third-order valence-corrected chi connectivity index (χ3v) is 1.65. The molecular weight excluding hydrogens is 243 g/mol. The Morgan fingerprint density at radius 1 is 1.77 bits per heavy atom. The largest absolute Gasteiger partial charge is 3.00 e. The monoisotopic (exact) mass is 255 g/mol. The first-order chi connectivity index (χ1) is 5.61. The van der Waals surface area contributed by atoms with Gasteiger partial charge in [-0.2, -0.15) is 0 Å². The van der Waals surface area contributed by atoms with Gasteiger partial charge < -0.3 is 9.47 Å². The third kappa shape index (κ3) is 3.57. The molecule has 0 radical (unpaired) electrons. The summed E-state index contributed by atoms with van der Waals surface area (Å²) < 4.78 is 1.78. The fourth-order valence-corrected chi connectivity index (χ4v) is 0.819. The molecule has 0 N–H and O–H groups in total. The van der Waals surface area contributed by atoms with Gasteiger partial charge in [0.2, 0.25) is 5.91 Å². The first-order valence-electron chi connectivity index (χ1n) is 3.65. The summed E-state index contributed by atoms with van der Waals surface area (Å²) in [6.45, 7) is 2.22. The second kappa shape index (κ2) is 5.50. The van der Waals surface area contributed by atoms with Crippen molar-refractivity contribution >= 4 is 5.91 Å². The Morgan fingerprint density at radius 3 is 2.77 bits per heavy atom. The molecule has 0 spiro atoms. The Balaban J connectivity index is 0.00000144. The van der Waals surface area contributed by atoms with E-state index < -0.39 is 0 Å². The number of carbonyl (C=O) groups excluding carboxylic acids is 1. The van der Waals surface area contributed by atoms with Crippen molar-refractivity contribution in [1.82, 2.24) is 14.5 Å². The fourth-order valence-electron chi connectivity index (χ4n) is 0.819. The number of hydrogen-bond acceptors (Lipinski definition) is 2. The Bertz CT molecular complexity index is 283. The molecule has 0 bridgehead atoms. The maximum absolute atomic E-state index is 11.2. The molecule has 66 valence electrons. The Hall–Kier alpha value is -0.216. The molecule has 1 aromatic rings. The molecule has 0 aliphatic rings. The van der Waals surface area contributed by atoms with Crippen LogP contribution in [-0.4, -0.2) is 27.4 Å². The average Bonchev–Trinajstić information content (AvgIpc) is 2.36. The molecule has 13 heavy (non-hydrogen) atoms. The number of nitrogens with zero attached hydrogens (tertiary/aromatic N) is 3. The maximum atomic E-state index is 11.2. The van der Waals surface area contributed by atoms with Crippen molar-refractivity contribution in [1.29, 1.82) is 0 Å². The summed E-state index contributed by atoms with van der Waals surface area (Å²) in [5.41, 5.74) is 0.977. The van der Waals surface area contributed by atoms with Gasteiger partial charge in [-0.1, -0.05) is 0 Å². The number of aromatic nitrogens is 2. The minimum Gasteiger partial charge on any atom is -0.497 e. The standard InChI is InChI=1S/C8H12N3O.Y/c1-7-4-9-6-11(7)5-8(12)10(2)3;/h4,6H,2,5H2,1,3H3;/q-1;+3. The molecule has 0 fully saturated rings. The van der Waals surface area contributed by atoms with E-state index in [-0.39, 0.29) is 38.6 Å². The van der Waals surface area contributed by atoms with E-state index in [0.29, 0.717) is 6.54 Å². The Morgan fingerprint density at radius 2 is 2.38 bits per heavy atom. The van der Waals surface area contributed by atoms with E-state index in [1.165, 1.54) is 4.90 Å². The van der Waals surface area contributed by atoms with E-state index in [2.05, 4.69) is 12.0 Å². The van der Waals surface area contributed by atoms with Crippen LogP contribution in [0.5, 0.6) is 0 Å². The molecule has 0 saturated heterocycles. The molecule has 0 aliphatic heterocycles. The Kier molecular flexibility index (Phi) is 5.41. The first kappa shape index (κ1) is 12.8. The van der Waals surface area contributed by atoms with E-state index in [9.17, 15) is 4.79 Å². The van der Waals surface area contributed by atoms with E-state index in [1.807, 2.05) is 6.92 Å². The molecule has 1 amide bonds. The van der Waals surface area contributed by atoms with Crippen molar-refractivity contribution in [3.8, 4) is 0 Å². The van der Waals surface area contributed by atoms with Crippen LogP contribution in [0.4, 0.5) is 0 Å². The predicted molar refractivity (Wildman–Crippen MR) is 45.1 cm³/mol. The molecule has 0 unspecified atom stereocenters. The molecule has 4 nitrogen and oxygen atoms in total.